The van der Waals surface area contributed by atoms with E-state index in [2.05, 4.69) is 6.58 Å². The summed E-state index contributed by atoms with van der Waals surface area (Å²) in [6, 6.07) is 0. The lowest BCUT2D eigenvalue weighted by Crippen LogP contribution is -2.22. The van der Waals surface area contributed by atoms with Crippen molar-refractivity contribution >= 4 is 0 Å². The molecule has 1 radical (unpaired) electrons. The van der Waals surface area contributed by atoms with Gasteiger partial charge >= 0.3 is 0 Å². The van der Waals surface area contributed by atoms with Crippen LogP contribution in [0.5, 0.6) is 0 Å². The topological polar surface area (TPSA) is 18.5 Å². The first-order valence-electron chi connectivity index (χ1n) is 4.15. The van der Waals surface area contributed by atoms with Gasteiger partial charge in [-0.05, 0) is 19.4 Å². The molecule has 1 fully saturated rings. The molecule has 2 nitrogen and oxygen atoms in total. The van der Waals surface area contributed by atoms with E-state index in [9.17, 15) is 0 Å². The number of ether oxygens (including phenoxy) is 2. The molecule has 12 heavy (non-hydrogen) atoms. The highest BCUT2D eigenvalue weighted by Crippen LogP contribution is 2.37. The molecule has 0 N–H and O–H groups in total. The molecule has 2 heteroatoms. The van der Waals surface area contributed by atoms with Crippen LogP contribution >= 0.6 is 0 Å². The zero-order valence-corrected chi connectivity index (χ0v) is 7.41. The van der Waals surface area contributed by atoms with Crippen molar-refractivity contribution in [2.45, 2.75) is 31.8 Å². The van der Waals surface area contributed by atoms with Crippen molar-refractivity contribution in [1.29, 1.82) is 0 Å². The highest BCUT2D eigenvalue weighted by Gasteiger charge is 2.44. The average molecular weight is 165 g/mol. The fourth-order valence-electron chi connectivity index (χ4n) is 1.67. The van der Waals surface area contributed by atoms with Crippen LogP contribution in [0.4, 0.5) is 0 Å². The molecule has 0 aromatic rings. The second-order valence-electron chi connectivity index (χ2n) is 3.58. The first-order chi connectivity index (χ1) is 5.62. The van der Waals surface area contributed by atoms with Crippen LogP contribution in [0.1, 0.15) is 13.8 Å². The van der Waals surface area contributed by atoms with Crippen LogP contribution in [0.3, 0.4) is 0 Å². The van der Waals surface area contributed by atoms with E-state index in [0.717, 1.165) is 5.57 Å². The SMILES string of the molecule is C=CC1=C[CH][C@@H]2OC(C)(C)O[C@H]12. The Morgan fingerprint density at radius 2 is 2.25 bits per heavy atom. The summed E-state index contributed by atoms with van der Waals surface area (Å²) in [4.78, 5) is 0. The lowest BCUT2D eigenvalue weighted by Gasteiger charge is -2.17. The predicted octanol–water partition coefficient (Wildman–Crippen LogP) is 1.84. The van der Waals surface area contributed by atoms with Gasteiger partial charge in [0.25, 0.3) is 0 Å². The first-order valence-corrected chi connectivity index (χ1v) is 4.15. The summed E-state index contributed by atoms with van der Waals surface area (Å²) < 4.78 is 11.3. The van der Waals surface area contributed by atoms with E-state index >= 15 is 0 Å². The van der Waals surface area contributed by atoms with Crippen LogP contribution in [0.2, 0.25) is 0 Å². The zero-order chi connectivity index (χ0) is 8.77. The first kappa shape index (κ1) is 8.02. The number of rotatable bonds is 1. The van der Waals surface area contributed by atoms with Crippen molar-refractivity contribution in [3.8, 4) is 0 Å². The Hall–Kier alpha value is -0.600. The predicted molar refractivity (Wildman–Crippen MR) is 46.4 cm³/mol. The zero-order valence-electron chi connectivity index (χ0n) is 7.41. The lowest BCUT2D eigenvalue weighted by molar-refractivity contribution is -0.141. The number of fused-ring (bicyclic) bond motifs is 1. The maximum atomic E-state index is 5.68. The maximum absolute atomic E-state index is 5.68. The summed E-state index contributed by atoms with van der Waals surface area (Å²) in [7, 11) is 0. The molecule has 2 atom stereocenters. The van der Waals surface area contributed by atoms with Gasteiger partial charge in [-0.1, -0.05) is 18.7 Å². The molecule has 0 aromatic heterocycles. The second-order valence-corrected chi connectivity index (χ2v) is 3.58. The molecule has 2 rings (SSSR count). The maximum Gasteiger partial charge on any atom is 0.164 e. The van der Waals surface area contributed by atoms with Crippen molar-refractivity contribution in [3.63, 3.8) is 0 Å². The Morgan fingerprint density at radius 1 is 1.50 bits per heavy atom. The Labute approximate surface area is 72.9 Å². The largest absolute Gasteiger partial charge is 0.344 e. The van der Waals surface area contributed by atoms with E-state index < -0.39 is 5.79 Å². The van der Waals surface area contributed by atoms with E-state index in [1.807, 2.05) is 32.4 Å². The minimum absolute atomic E-state index is 0.0671. The van der Waals surface area contributed by atoms with Gasteiger partial charge in [0, 0.05) is 6.42 Å². The highest BCUT2D eigenvalue weighted by molar-refractivity contribution is 5.35. The van der Waals surface area contributed by atoms with Gasteiger partial charge in [-0.25, -0.2) is 0 Å². The van der Waals surface area contributed by atoms with Crippen LogP contribution in [-0.2, 0) is 9.47 Å². The number of hydrogen-bond donors (Lipinski definition) is 0. The molecule has 0 unspecified atom stereocenters. The van der Waals surface area contributed by atoms with E-state index in [-0.39, 0.29) is 12.2 Å². The Bertz CT molecular complexity index is 240. The minimum atomic E-state index is -0.450. The fraction of sp³-hybridized carbons (Fsp3) is 0.500. The molecular weight excluding hydrogens is 152 g/mol. The normalized spacial score (nSPS) is 37.7. The molecule has 1 aliphatic heterocycles. The van der Waals surface area contributed by atoms with Crippen LogP contribution in [0, 0.1) is 6.42 Å². The third kappa shape index (κ3) is 1.11. The van der Waals surface area contributed by atoms with Gasteiger partial charge in [0.1, 0.15) is 6.10 Å². The van der Waals surface area contributed by atoms with Crippen LogP contribution in [-0.4, -0.2) is 18.0 Å². The quantitative estimate of drug-likeness (QED) is 0.590. The number of hydrogen-bond acceptors (Lipinski definition) is 2. The molecule has 2 aliphatic rings. The van der Waals surface area contributed by atoms with Crippen molar-refractivity contribution in [3.05, 3.63) is 30.7 Å². The standard InChI is InChI=1S/C10H13O2/c1-4-7-5-6-8-9(7)12-10(2,3)11-8/h4-6,8-9H,1H2,2-3H3/t8-,9+/m0/s1. The van der Waals surface area contributed by atoms with Crippen LogP contribution in [0.15, 0.2) is 24.3 Å². The Kier molecular flexibility index (Phi) is 1.63. The van der Waals surface area contributed by atoms with Gasteiger partial charge < -0.3 is 9.47 Å². The highest BCUT2D eigenvalue weighted by atomic mass is 16.8. The summed E-state index contributed by atoms with van der Waals surface area (Å²) in [5.41, 5.74) is 1.12. The third-order valence-electron chi connectivity index (χ3n) is 2.17. The van der Waals surface area contributed by atoms with Crippen molar-refractivity contribution in [2.24, 2.45) is 0 Å². The summed E-state index contributed by atoms with van der Waals surface area (Å²) in [5, 5.41) is 0. The van der Waals surface area contributed by atoms with E-state index in [1.165, 1.54) is 0 Å². The van der Waals surface area contributed by atoms with E-state index in [0.29, 0.717) is 0 Å². The van der Waals surface area contributed by atoms with Gasteiger partial charge in [0.15, 0.2) is 5.79 Å². The lowest BCUT2D eigenvalue weighted by atomic mass is 10.1. The van der Waals surface area contributed by atoms with Crippen molar-refractivity contribution in [2.75, 3.05) is 0 Å². The fourth-order valence-corrected chi connectivity index (χ4v) is 1.67. The van der Waals surface area contributed by atoms with Crippen molar-refractivity contribution < 1.29 is 9.47 Å². The molecule has 0 aromatic carbocycles. The summed E-state index contributed by atoms with van der Waals surface area (Å²) in [6.07, 6.45) is 6.02. The van der Waals surface area contributed by atoms with Gasteiger partial charge in [-0.15, -0.1) is 0 Å². The molecule has 1 aliphatic carbocycles. The average Bonchev–Trinajstić information content (AvgIpc) is 2.42. The van der Waals surface area contributed by atoms with Crippen LogP contribution in [0.25, 0.3) is 0 Å². The second kappa shape index (κ2) is 2.44. The summed E-state index contributed by atoms with van der Waals surface area (Å²) >= 11 is 0. The van der Waals surface area contributed by atoms with Crippen LogP contribution < -0.4 is 0 Å². The van der Waals surface area contributed by atoms with Gasteiger partial charge in [-0.3, -0.25) is 0 Å². The summed E-state index contributed by atoms with van der Waals surface area (Å²) in [5.74, 6) is -0.450. The van der Waals surface area contributed by atoms with Gasteiger partial charge in [0.2, 0.25) is 0 Å². The van der Waals surface area contributed by atoms with Crippen molar-refractivity contribution in [1.82, 2.24) is 0 Å². The van der Waals surface area contributed by atoms with Gasteiger partial charge in [0.05, 0.1) is 6.10 Å². The van der Waals surface area contributed by atoms with Gasteiger partial charge in [-0.2, -0.15) is 0 Å². The molecule has 0 spiro atoms. The van der Waals surface area contributed by atoms with E-state index in [1.54, 1.807) is 0 Å². The molecule has 65 valence electrons. The molecule has 0 bridgehead atoms. The monoisotopic (exact) mass is 165 g/mol. The smallest absolute Gasteiger partial charge is 0.164 e. The molecule has 0 saturated carbocycles. The van der Waals surface area contributed by atoms with E-state index in [4.69, 9.17) is 9.47 Å². The Balaban J connectivity index is 2.17. The molecule has 1 saturated heterocycles. The third-order valence-corrected chi connectivity index (χ3v) is 2.17. The molecular formula is C10H13O2. The summed E-state index contributed by atoms with van der Waals surface area (Å²) in [6.45, 7) is 7.59. The molecule has 1 heterocycles. The molecule has 0 amide bonds. The minimum Gasteiger partial charge on any atom is -0.344 e. The Morgan fingerprint density at radius 3 is 2.92 bits per heavy atom.